The van der Waals surface area contributed by atoms with Crippen LogP contribution in [0.1, 0.15) is 123 Å². The van der Waals surface area contributed by atoms with E-state index in [0.717, 1.165) is 0 Å². The molecule has 5 aromatic carbocycles. The number of carbonyl (C=O) groups is 6. The molecule has 3 unspecified atom stereocenters. The summed E-state index contributed by atoms with van der Waals surface area (Å²) in [6.07, 6.45) is -18.8. The van der Waals surface area contributed by atoms with Crippen LogP contribution in [0.15, 0.2) is 78.9 Å². The van der Waals surface area contributed by atoms with Gasteiger partial charge in [-0.1, -0.05) is 73.5 Å². The number of ether oxygens (including phenoxy) is 7. The van der Waals surface area contributed by atoms with Crippen LogP contribution in [-0.4, -0.2) is 186 Å². The molecule has 0 aliphatic carbocycles. The van der Waals surface area contributed by atoms with E-state index >= 15 is 14.4 Å². The number of benzene rings is 5. The Labute approximate surface area is 601 Å². The lowest BCUT2D eigenvalue weighted by Crippen LogP contribution is -2.64. The number of aliphatic hydroxyl groups excluding tert-OH is 8. The Bertz CT molecular complexity index is 4020. The summed E-state index contributed by atoms with van der Waals surface area (Å²) >= 11 is 20.8. The zero-order valence-electron chi connectivity index (χ0n) is 56.2. The van der Waals surface area contributed by atoms with Crippen LogP contribution in [0, 0.1) is 11.8 Å². The van der Waals surface area contributed by atoms with Gasteiger partial charge in [-0.25, -0.2) is 0 Å². The molecule has 2 fully saturated rings. The summed E-state index contributed by atoms with van der Waals surface area (Å²) in [4.78, 5) is 88.5. The van der Waals surface area contributed by atoms with E-state index < -0.39 is 201 Å². The van der Waals surface area contributed by atoms with Crippen LogP contribution in [0.4, 0.5) is 0 Å². The van der Waals surface area contributed by atoms with Crippen LogP contribution in [0.5, 0.6) is 40.2 Å². The van der Waals surface area contributed by atoms with Crippen molar-refractivity contribution in [1.29, 1.82) is 0 Å². The monoisotopic (exact) mass is 1480 g/mol. The second-order valence-corrected chi connectivity index (χ2v) is 28.1. The highest BCUT2D eigenvalue weighted by Crippen LogP contribution is 2.51. The molecule has 7 heterocycles. The predicted molar refractivity (Wildman–Crippen MR) is 368 cm³/mol. The fourth-order valence-electron chi connectivity index (χ4n) is 13.4. The fraction of sp³-hybridized carbons (Fsp3) is 0.471. The number of hydrogen-bond acceptors (Lipinski definition) is 25. The molecule has 29 nitrogen and oxygen atoms in total. The zero-order chi connectivity index (χ0) is 74.1. The van der Waals surface area contributed by atoms with Crippen molar-refractivity contribution in [1.82, 2.24) is 26.6 Å². The Kier molecular flexibility index (Phi) is 24.2. The number of halogens is 2. The number of amides is 5. The third-order valence-electron chi connectivity index (χ3n) is 18.9. The molecular formula is C70H83Cl2N7O22S. The summed E-state index contributed by atoms with van der Waals surface area (Å²) in [5.74, 6) is -11.5. The first-order valence-electron chi connectivity index (χ1n) is 32.9. The molecule has 0 saturated carbocycles. The molecule has 32 heteroatoms. The lowest BCUT2D eigenvalue weighted by molar-refractivity contribution is -0.333. The number of aromatic hydroxyl groups is 1. The maximum Gasteiger partial charge on any atom is 0.246 e. The molecule has 7 aliphatic rings. The summed E-state index contributed by atoms with van der Waals surface area (Å²) < 4.78 is 44.8. The molecule has 550 valence electrons. The van der Waals surface area contributed by atoms with Crippen LogP contribution in [0.25, 0.3) is 11.1 Å². The van der Waals surface area contributed by atoms with E-state index in [2.05, 4.69) is 26.6 Å². The summed E-state index contributed by atoms with van der Waals surface area (Å²) in [5.41, 5.74) is 11.4. The second-order valence-electron chi connectivity index (χ2n) is 26.7. The van der Waals surface area contributed by atoms with Gasteiger partial charge >= 0.3 is 0 Å². The predicted octanol–water partition coefficient (Wildman–Crippen LogP) is 2.88. The zero-order valence-corrected chi connectivity index (χ0v) is 58.5. The lowest BCUT2D eigenvalue weighted by Gasteiger charge is -2.47. The number of Topliss-reactive ketones (excluding diaryl/α,β-unsaturated/α-hetero) is 1. The largest absolute Gasteiger partial charge is 0.507 e. The third kappa shape index (κ3) is 16.4. The number of aliphatic hydroxyl groups is 8. The molecule has 11 bridgehead atoms. The molecule has 5 amide bonds. The van der Waals surface area contributed by atoms with Crippen molar-refractivity contribution < 1.29 is 108 Å². The Morgan fingerprint density at radius 2 is 1.41 bits per heavy atom. The minimum absolute atomic E-state index is 0.00334. The van der Waals surface area contributed by atoms with Gasteiger partial charge in [-0.3, -0.25) is 28.8 Å². The number of primary amides is 1. The Hall–Kier alpha value is -7.73. The van der Waals surface area contributed by atoms with Gasteiger partial charge < -0.3 is 117 Å². The summed E-state index contributed by atoms with van der Waals surface area (Å²) in [6.45, 7) is 4.53. The van der Waals surface area contributed by atoms with Gasteiger partial charge in [-0.15, -0.1) is 0 Å². The summed E-state index contributed by atoms with van der Waals surface area (Å²) in [6, 6.07) is 9.22. The van der Waals surface area contributed by atoms with E-state index in [0.29, 0.717) is 0 Å². The fourth-order valence-corrected chi connectivity index (χ4v) is 14.2. The molecular weight excluding hydrogens is 1390 g/mol. The number of methoxy groups -OCH3 is 1. The van der Waals surface area contributed by atoms with Crippen molar-refractivity contribution in [2.45, 2.75) is 169 Å². The standard InChI is InChI=1S/C70H83Cl2N7O22S/c1-28(2)13-41(75-5)66(92)79-57-59(87)33-9-12-47(40(72)18-33)98-50-20-34-19-49(62(50)101-69-63(61(89)60(88)51(27-82)99-69)100-54-24-70(4,74)64(90)29(3)96-54)97-46-11-8-32(17-39(46)71)58(86)38-21-45(84)35(22-52(102)56(34)78-67(93)42(23-53(73)85)76-68(57)94)31-7-10-44(83)37(16-31)55-36(43(26-81)77-65(38)91)14-30(25-80)15-48(55)95-6/h7-12,14-20,28-29,35,38,41-43,51,54,56-61,63-64,69,75,80-83,86-90H,13,21-27,74H2,1-6H3,(H2,73,85)(H,76,94)(H,77,91)(H,78,93)(H,79,92)/t29-,35-,38-,41+,42-,43+,51?,54-,56+,57+,58+,59+,60?,61-,63+,64+,69-,70?/m0/s1. The summed E-state index contributed by atoms with van der Waals surface area (Å²) in [7, 11) is 2.82. The molecule has 5 aromatic rings. The number of phenols is 1. The van der Waals surface area contributed by atoms with E-state index in [4.69, 9.17) is 80.0 Å². The van der Waals surface area contributed by atoms with Crippen molar-refractivity contribution in [3.8, 4) is 51.4 Å². The second kappa shape index (κ2) is 32.1. The van der Waals surface area contributed by atoms with Gasteiger partial charge in [0.05, 0.1) is 85.8 Å². The van der Waals surface area contributed by atoms with Crippen molar-refractivity contribution in [2.75, 3.05) is 27.4 Å². The number of ketones is 1. The Morgan fingerprint density at radius 3 is 1.99 bits per heavy atom. The van der Waals surface area contributed by atoms with E-state index in [9.17, 15) is 60.3 Å². The van der Waals surface area contributed by atoms with E-state index in [1.54, 1.807) is 6.92 Å². The van der Waals surface area contributed by atoms with Gasteiger partial charge in [0.15, 0.2) is 23.9 Å². The average Bonchev–Trinajstić information content (AvgIpc) is 0.768. The molecule has 18 N–H and O–H groups in total. The number of likely N-dealkylation sites (N-methyl/N-ethyl adjacent to an activating group) is 1. The number of rotatable bonds is 15. The van der Waals surface area contributed by atoms with Gasteiger partial charge in [0.25, 0.3) is 0 Å². The van der Waals surface area contributed by atoms with Crippen molar-refractivity contribution in [2.24, 2.45) is 23.3 Å². The van der Waals surface area contributed by atoms with Gasteiger partial charge in [0.1, 0.15) is 65.3 Å². The first-order chi connectivity index (χ1) is 48.4. The van der Waals surface area contributed by atoms with Crippen LogP contribution < -0.4 is 57.0 Å². The number of thiocarbonyl (C=S) groups is 1. The van der Waals surface area contributed by atoms with Crippen LogP contribution in [0.2, 0.25) is 10.0 Å². The molecule has 0 aromatic heterocycles. The van der Waals surface area contributed by atoms with Gasteiger partial charge in [-0.2, -0.15) is 0 Å². The lowest BCUT2D eigenvalue weighted by atomic mass is 9.79. The average molecular weight is 1480 g/mol. The van der Waals surface area contributed by atoms with Crippen molar-refractivity contribution in [3.63, 3.8) is 0 Å². The molecule has 0 radical (unpaired) electrons. The normalized spacial score (nSPS) is 29.5. The van der Waals surface area contributed by atoms with E-state index in [1.165, 1.54) is 99.9 Å². The molecule has 18 atom stereocenters. The minimum atomic E-state index is -1.98. The molecule has 12 rings (SSSR count). The number of hydrogen-bond donors (Lipinski definition) is 16. The van der Waals surface area contributed by atoms with Crippen LogP contribution in [0.3, 0.4) is 0 Å². The number of fused-ring (bicyclic) bond motifs is 15. The minimum Gasteiger partial charge on any atom is -0.507 e. The molecule has 0 spiro atoms. The number of nitrogens with one attached hydrogen (secondary N) is 5. The number of phenolic OH excluding ortho intramolecular Hbond substituents is 1. The highest BCUT2D eigenvalue weighted by atomic mass is 35.5. The third-order valence-corrected chi connectivity index (χ3v) is 19.9. The Balaban J connectivity index is 1.24. The Morgan fingerprint density at radius 1 is 0.775 bits per heavy atom. The first kappa shape index (κ1) is 76.9. The van der Waals surface area contributed by atoms with E-state index in [1.807, 2.05) is 13.8 Å². The van der Waals surface area contributed by atoms with E-state index in [-0.39, 0.29) is 101 Å². The van der Waals surface area contributed by atoms with Gasteiger partial charge in [-0.05, 0) is 128 Å². The number of carbonyl (C=O) groups excluding carboxylic acids is 6. The maximum atomic E-state index is 15.8. The summed E-state index contributed by atoms with van der Waals surface area (Å²) in [5, 5.41) is 117. The highest BCUT2D eigenvalue weighted by molar-refractivity contribution is 7.80. The van der Waals surface area contributed by atoms with Crippen LogP contribution in [-0.2, 0) is 49.6 Å². The number of nitrogens with two attached hydrogens (primary N) is 2. The highest BCUT2D eigenvalue weighted by Gasteiger charge is 2.51. The first-order valence-corrected chi connectivity index (χ1v) is 34.1. The maximum absolute atomic E-state index is 15.8. The molecule has 2 saturated heterocycles. The quantitative estimate of drug-likeness (QED) is 0.0670. The topological polar surface area (TPSA) is 461 Å². The van der Waals surface area contributed by atoms with Crippen molar-refractivity contribution in [3.05, 3.63) is 122 Å². The van der Waals surface area contributed by atoms with Gasteiger partial charge in [0, 0.05) is 40.3 Å². The van der Waals surface area contributed by atoms with Crippen molar-refractivity contribution >= 4 is 75.6 Å². The molecule has 102 heavy (non-hydrogen) atoms. The molecule has 7 aliphatic heterocycles. The van der Waals surface area contributed by atoms with Gasteiger partial charge in [0.2, 0.25) is 41.6 Å². The smallest absolute Gasteiger partial charge is 0.246 e. The SMILES string of the molecule is CN[C@H](CC(C)C)C(=O)N[C@H]1C(=O)N[C@@H](CC(N)=O)C(=O)N[C@H]2C(=S)C[C@@H]3C(=O)C[C@H](C(=O)N[C@H](CO)c4cc(CO)cc(OC)c4-c4cc3ccc4O)[C@H](O)c3ccc(c(Cl)c3)Oc3cc2cc(c3O[C@@H]2OC(CO)C(O)[C@H](O)[C@H]2O[C@H]2CC(C)(N)[C@H](O)[C@H](C)O2)Oc2ccc(cc2Cl)[C@H]1O. The van der Waals surface area contributed by atoms with Crippen LogP contribution >= 0.6 is 35.4 Å².